The van der Waals surface area contributed by atoms with Crippen molar-refractivity contribution in [1.29, 1.82) is 0 Å². The SMILES string of the molecule is CS(=O)(=O)N(CC(=O)NCCCOC1CCCC1)c1ccc(F)cc1. The molecule has 1 aromatic carbocycles. The monoisotopic (exact) mass is 372 g/mol. The van der Waals surface area contributed by atoms with Gasteiger partial charge in [0.1, 0.15) is 12.4 Å². The Bertz CT molecular complexity index is 658. The Balaban J connectivity index is 1.78. The Morgan fingerprint density at radius 2 is 1.92 bits per heavy atom. The molecule has 1 amide bonds. The number of ether oxygens (including phenoxy) is 1. The van der Waals surface area contributed by atoms with Gasteiger partial charge in [-0.3, -0.25) is 9.10 Å². The van der Waals surface area contributed by atoms with Gasteiger partial charge < -0.3 is 10.1 Å². The standard InChI is InChI=1S/C17H25FN2O4S/c1-25(22,23)20(15-9-7-14(18)8-10-15)13-17(21)19-11-4-12-24-16-5-2-3-6-16/h7-10,16H,2-6,11-13H2,1H3,(H,19,21). The predicted octanol–water partition coefficient (Wildman–Crippen LogP) is 2.06. The first-order valence-corrected chi connectivity index (χ1v) is 10.3. The number of nitrogens with one attached hydrogen (secondary N) is 1. The zero-order chi connectivity index (χ0) is 18.3. The summed E-state index contributed by atoms with van der Waals surface area (Å²) in [6.07, 6.45) is 6.67. The van der Waals surface area contributed by atoms with Gasteiger partial charge in [-0.05, 0) is 43.5 Å². The summed E-state index contributed by atoms with van der Waals surface area (Å²) < 4.78 is 43.5. The van der Waals surface area contributed by atoms with Crippen molar-refractivity contribution in [1.82, 2.24) is 5.32 Å². The molecule has 1 N–H and O–H groups in total. The summed E-state index contributed by atoms with van der Waals surface area (Å²) in [5.74, 6) is -0.875. The second-order valence-electron chi connectivity index (χ2n) is 6.23. The van der Waals surface area contributed by atoms with E-state index in [4.69, 9.17) is 4.74 Å². The molecule has 8 heteroatoms. The van der Waals surface area contributed by atoms with Crippen LogP contribution in [0.5, 0.6) is 0 Å². The third kappa shape index (κ3) is 6.62. The normalized spacial score (nSPS) is 15.3. The van der Waals surface area contributed by atoms with E-state index in [0.29, 0.717) is 25.7 Å². The summed E-state index contributed by atoms with van der Waals surface area (Å²) in [6.45, 7) is 0.666. The van der Waals surface area contributed by atoms with Gasteiger partial charge in [0.2, 0.25) is 15.9 Å². The molecule has 1 aliphatic rings. The lowest BCUT2D eigenvalue weighted by molar-refractivity contribution is -0.119. The Morgan fingerprint density at radius 3 is 2.52 bits per heavy atom. The van der Waals surface area contributed by atoms with Crippen molar-refractivity contribution in [2.45, 2.75) is 38.2 Å². The Morgan fingerprint density at radius 1 is 1.28 bits per heavy atom. The van der Waals surface area contributed by atoms with E-state index in [1.807, 2.05) is 0 Å². The molecule has 0 aliphatic heterocycles. The molecule has 0 unspecified atom stereocenters. The highest BCUT2D eigenvalue weighted by molar-refractivity contribution is 7.92. The van der Waals surface area contributed by atoms with E-state index in [1.165, 1.54) is 25.0 Å². The molecule has 2 rings (SSSR count). The smallest absolute Gasteiger partial charge is 0.240 e. The molecule has 0 saturated heterocycles. The van der Waals surface area contributed by atoms with Crippen LogP contribution < -0.4 is 9.62 Å². The molecule has 1 aromatic rings. The van der Waals surface area contributed by atoms with E-state index in [-0.39, 0.29) is 12.2 Å². The number of halogens is 1. The minimum atomic E-state index is -3.65. The van der Waals surface area contributed by atoms with Gasteiger partial charge in [0.05, 0.1) is 18.0 Å². The first-order chi connectivity index (χ1) is 11.9. The highest BCUT2D eigenvalue weighted by Crippen LogP contribution is 2.21. The summed E-state index contributed by atoms with van der Waals surface area (Å²) in [6, 6.07) is 4.98. The Kier molecular flexibility index (Phi) is 7.19. The molecule has 25 heavy (non-hydrogen) atoms. The van der Waals surface area contributed by atoms with E-state index in [0.717, 1.165) is 35.5 Å². The number of sulfonamides is 1. The topological polar surface area (TPSA) is 75.7 Å². The van der Waals surface area contributed by atoms with E-state index >= 15 is 0 Å². The van der Waals surface area contributed by atoms with Gasteiger partial charge in [-0.15, -0.1) is 0 Å². The van der Waals surface area contributed by atoms with Gasteiger partial charge in [-0.2, -0.15) is 0 Å². The molecule has 1 aliphatic carbocycles. The van der Waals surface area contributed by atoms with Crippen LogP contribution >= 0.6 is 0 Å². The summed E-state index contributed by atoms with van der Waals surface area (Å²) in [5, 5.41) is 2.69. The lowest BCUT2D eigenvalue weighted by atomic mass is 10.3. The largest absolute Gasteiger partial charge is 0.378 e. The Labute approximate surface area is 148 Å². The summed E-state index contributed by atoms with van der Waals surface area (Å²) >= 11 is 0. The molecule has 1 fully saturated rings. The van der Waals surface area contributed by atoms with Gasteiger partial charge in [0.15, 0.2) is 0 Å². The number of hydrogen-bond donors (Lipinski definition) is 1. The van der Waals surface area contributed by atoms with Crippen LogP contribution in [-0.4, -0.2) is 46.4 Å². The van der Waals surface area contributed by atoms with Crippen LogP contribution in [0, 0.1) is 5.82 Å². The highest BCUT2D eigenvalue weighted by Gasteiger charge is 2.20. The number of rotatable bonds is 9. The van der Waals surface area contributed by atoms with Crippen molar-refractivity contribution in [2.24, 2.45) is 0 Å². The molecule has 140 valence electrons. The molecular formula is C17H25FN2O4S. The number of hydrogen-bond acceptors (Lipinski definition) is 4. The van der Waals surface area contributed by atoms with Gasteiger partial charge in [0, 0.05) is 13.2 Å². The minimum Gasteiger partial charge on any atom is -0.378 e. The molecular weight excluding hydrogens is 347 g/mol. The summed E-state index contributed by atoms with van der Waals surface area (Å²) in [5.41, 5.74) is 0.253. The average molecular weight is 372 g/mol. The van der Waals surface area contributed by atoms with Crippen molar-refractivity contribution in [3.05, 3.63) is 30.1 Å². The van der Waals surface area contributed by atoms with Crippen molar-refractivity contribution in [2.75, 3.05) is 30.3 Å². The fourth-order valence-electron chi connectivity index (χ4n) is 2.80. The van der Waals surface area contributed by atoms with Gasteiger partial charge in [-0.25, -0.2) is 12.8 Å². The third-order valence-electron chi connectivity index (χ3n) is 4.10. The molecule has 0 atom stereocenters. The van der Waals surface area contributed by atoms with Crippen LogP contribution in [0.2, 0.25) is 0 Å². The van der Waals surface area contributed by atoms with E-state index < -0.39 is 21.7 Å². The highest BCUT2D eigenvalue weighted by atomic mass is 32.2. The van der Waals surface area contributed by atoms with Gasteiger partial charge in [-0.1, -0.05) is 12.8 Å². The molecule has 0 aromatic heterocycles. The summed E-state index contributed by atoms with van der Waals surface area (Å²) in [4.78, 5) is 12.0. The number of nitrogens with zero attached hydrogens (tertiary/aromatic N) is 1. The third-order valence-corrected chi connectivity index (χ3v) is 5.24. The second-order valence-corrected chi connectivity index (χ2v) is 8.13. The fourth-order valence-corrected chi connectivity index (χ4v) is 3.66. The van der Waals surface area contributed by atoms with E-state index in [2.05, 4.69) is 5.32 Å². The molecule has 1 saturated carbocycles. The van der Waals surface area contributed by atoms with Crippen molar-refractivity contribution in [3.63, 3.8) is 0 Å². The van der Waals surface area contributed by atoms with Crippen molar-refractivity contribution < 1.29 is 22.3 Å². The zero-order valence-electron chi connectivity index (χ0n) is 14.4. The zero-order valence-corrected chi connectivity index (χ0v) is 15.2. The fraction of sp³-hybridized carbons (Fsp3) is 0.588. The summed E-state index contributed by atoms with van der Waals surface area (Å²) in [7, 11) is -3.65. The maximum Gasteiger partial charge on any atom is 0.240 e. The maximum absolute atomic E-state index is 13.0. The molecule has 6 nitrogen and oxygen atoms in total. The lowest BCUT2D eigenvalue weighted by Crippen LogP contribution is -2.40. The molecule has 0 bridgehead atoms. The number of carbonyl (C=O) groups is 1. The second kappa shape index (κ2) is 9.15. The first kappa shape index (κ1) is 19.7. The van der Waals surface area contributed by atoms with Gasteiger partial charge >= 0.3 is 0 Å². The molecule has 0 heterocycles. The van der Waals surface area contributed by atoms with Gasteiger partial charge in [0.25, 0.3) is 0 Å². The number of amides is 1. The maximum atomic E-state index is 13.0. The predicted molar refractivity (Wildman–Crippen MR) is 94.4 cm³/mol. The lowest BCUT2D eigenvalue weighted by Gasteiger charge is -2.21. The number of carbonyl (C=O) groups excluding carboxylic acids is 1. The van der Waals surface area contributed by atoms with Crippen LogP contribution in [0.15, 0.2) is 24.3 Å². The van der Waals surface area contributed by atoms with Crippen LogP contribution in [0.3, 0.4) is 0 Å². The first-order valence-electron chi connectivity index (χ1n) is 8.48. The van der Waals surface area contributed by atoms with Crippen LogP contribution in [-0.2, 0) is 19.6 Å². The minimum absolute atomic E-state index is 0.253. The number of anilines is 1. The van der Waals surface area contributed by atoms with Crippen LogP contribution in [0.25, 0.3) is 0 Å². The van der Waals surface area contributed by atoms with E-state index in [9.17, 15) is 17.6 Å². The number of benzene rings is 1. The van der Waals surface area contributed by atoms with Crippen molar-refractivity contribution in [3.8, 4) is 0 Å². The molecule has 0 radical (unpaired) electrons. The van der Waals surface area contributed by atoms with E-state index in [1.54, 1.807) is 0 Å². The average Bonchev–Trinajstić information content (AvgIpc) is 3.06. The quantitative estimate of drug-likeness (QED) is 0.673. The van der Waals surface area contributed by atoms with Crippen LogP contribution in [0.1, 0.15) is 32.1 Å². The molecule has 0 spiro atoms. The van der Waals surface area contributed by atoms with Crippen LogP contribution in [0.4, 0.5) is 10.1 Å². The van der Waals surface area contributed by atoms with Crippen molar-refractivity contribution >= 4 is 21.6 Å². The Hall–Kier alpha value is -1.67.